The number of nitrogen functional groups attached to an aromatic ring is 1. The Hall–Kier alpha value is -5.15. The number of anilines is 3. The first kappa shape index (κ1) is 45.6. The van der Waals surface area contributed by atoms with E-state index in [-0.39, 0.29) is 42.3 Å². The molecule has 0 aliphatic carbocycles. The molecule has 6 N–H and O–H groups in total. The summed E-state index contributed by atoms with van der Waals surface area (Å²) >= 11 is 12.5. The van der Waals surface area contributed by atoms with Crippen molar-refractivity contribution >= 4 is 70.7 Å². The average Bonchev–Trinajstić information content (AvgIpc) is 3.18. The Morgan fingerprint density at radius 2 is 1.38 bits per heavy atom. The lowest BCUT2D eigenvalue weighted by Gasteiger charge is -2.33. The molecule has 3 heterocycles. The fourth-order valence-electron chi connectivity index (χ4n) is 5.80. The van der Waals surface area contributed by atoms with Crippen LogP contribution < -0.4 is 41.2 Å². The van der Waals surface area contributed by atoms with Crippen molar-refractivity contribution in [2.24, 2.45) is 0 Å². The molecule has 2 aliphatic heterocycles. The maximum Gasteiger partial charge on any atom is 0.410 e. The first-order valence-corrected chi connectivity index (χ1v) is 19.4. The van der Waals surface area contributed by atoms with E-state index in [0.717, 1.165) is 38.8 Å². The van der Waals surface area contributed by atoms with Gasteiger partial charge < -0.3 is 50.8 Å². The van der Waals surface area contributed by atoms with Crippen LogP contribution in [0, 0.1) is 0 Å². The smallest absolute Gasteiger partial charge is 0.410 e. The number of amides is 4. The van der Waals surface area contributed by atoms with Crippen molar-refractivity contribution in [3.05, 3.63) is 94.7 Å². The third-order valence-corrected chi connectivity index (χ3v) is 9.24. The molecule has 2 saturated heterocycles. The Labute approximate surface area is 354 Å². The van der Waals surface area contributed by atoms with Gasteiger partial charge in [0.15, 0.2) is 0 Å². The van der Waals surface area contributed by atoms with E-state index in [1.807, 2.05) is 20.8 Å². The molecule has 312 valence electrons. The Bertz CT molecular complexity index is 1990. The van der Waals surface area contributed by atoms with Crippen LogP contribution >= 0.6 is 35.6 Å². The second-order valence-corrected chi connectivity index (χ2v) is 15.2. The van der Waals surface area contributed by atoms with Gasteiger partial charge in [0.05, 0.1) is 10.0 Å². The molecule has 0 spiro atoms. The number of carbonyl (C=O) groups is 3. The van der Waals surface area contributed by atoms with Gasteiger partial charge in [-0.1, -0.05) is 23.2 Å². The summed E-state index contributed by atoms with van der Waals surface area (Å²) in [6, 6.07) is 20.0. The molecular formula is C41H50Cl3N7O7. The van der Waals surface area contributed by atoms with Crippen molar-refractivity contribution in [3.8, 4) is 23.0 Å². The summed E-state index contributed by atoms with van der Waals surface area (Å²) in [6.07, 6.45) is 4.78. The fourth-order valence-corrected chi connectivity index (χ4v) is 6.26. The maximum atomic E-state index is 12.4. The molecule has 0 saturated carbocycles. The van der Waals surface area contributed by atoms with Crippen LogP contribution in [-0.4, -0.2) is 79.0 Å². The highest BCUT2D eigenvalue weighted by atomic mass is 35.5. The summed E-state index contributed by atoms with van der Waals surface area (Å²) < 4.78 is 23.0. The quantitative estimate of drug-likeness (QED) is 0.102. The Morgan fingerprint density at radius 3 is 1.98 bits per heavy atom. The van der Waals surface area contributed by atoms with E-state index in [0.29, 0.717) is 63.2 Å². The minimum atomic E-state index is -0.470. The molecule has 14 nitrogen and oxygen atoms in total. The number of piperidine rings is 2. The van der Waals surface area contributed by atoms with Crippen LogP contribution in [0.5, 0.6) is 23.0 Å². The third-order valence-electron chi connectivity index (χ3n) is 8.65. The van der Waals surface area contributed by atoms with Crippen LogP contribution in [-0.2, 0) is 4.74 Å². The van der Waals surface area contributed by atoms with E-state index < -0.39 is 11.6 Å². The van der Waals surface area contributed by atoms with Crippen molar-refractivity contribution < 1.29 is 33.3 Å². The van der Waals surface area contributed by atoms with Gasteiger partial charge in [-0.15, -0.1) is 12.4 Å². The monoisotopic (exact) mass is 857 g/mol. The average molecular weight is 859 g/mol. The predicted octanol–water partition coefficient (Wildman–Crippen LogP) is 8.78. The molecule has 0 radical (unpaired) electrons. The van der Waals surface area contributed by atoms with Crippen LogP contribution in [0.3, 0.4) is 0 Å². The van der Waals surface area contributed by atoms with E-state index in [2.05, 4.69) is 26.3 Å². The predicted molar refractivity (Wildman–Crippen MR) is 229 cm³/mol. The second-order valence-electron chi connectivity index (χ2n) is 14.3. The van der Waals surface area contributed by atoms with Gasteiger partial charge >= 0.3 is 12.1 Å². The largest absolute Gasteiger partial charge is 0.489 e. The number of pyridine rings is 1. The molecule has 2 aliphatic rings. The standard InChI is InChI=1S/C25H26ClN5O4.C16H23ClN2O3.ClH/c1-27-24(32)22-15-20(10-13-29-22)34-18-5-2-16(3-6-18)30-25(33)31-17-4-7-23(21(26)14-17)35-19-8-11-28-12-9-19;1-16(2,3)22-15(20)19-8-6-12(7-9-19)21-14-5-4-11(18)10-13(14)17;/h2-7,10,13-15,19,28H,8-9,11-12H2,1H3,(H,27,32)(H2,30,31,33);4-5,10,12H,6-9,18H2,1-3H3;1H. The fraction of sp³-hybridized carbons (Fsp3) is 0.366. The Kier molecular flexibility index (Phi) is 16.9. The molecular weight excluding hydrogens is 809 g/mol. The number of nitrogens with one attached hydrogen (secondary N) is 4. The summed E-state index contributed by atoms with van der Waals surface area (Å²) in [5, 5.41) is 12.3. The summed E-state index contributed by atoms with van der Waals surface area (Å²) in [4.78, 5) is 41.9. The first-order chi connectivity index (χ1) is 27.2. The molecule has 1 aromatic heterocycles. The van der Waals surface area contributed by atoms with Gasteiger partial charge in [-0.05, 0) is 113 Å². The van der Waals surface area contributed by atoms with Gasteiger partial charge in [0.2, 0.25) is 0 Å². The second kappa shape index (κ2) is 21.6. The molecule has 2 fully saturated rings. The number of halogens is 3. The number of rotatable bonds is 9. The molecule has 17 heteroatoms. The summed E-state index contributed by atoms with van der Waals surface area (Å²) in [7, 11) is 1.54. The maximum absolute atomic E-state index is 12.4. The number of urea groups is 1. The van der Waals surface area contributed by atoms with Crippen molar-refractivity contribution in [1.82, 2.24) is 20.5 Å². The number of nitrogens with two attached hydrogens (primary N) is 1. The molecule has 0 unspecified atom stereocenters. The number of carbonyl (C=O) groups excluding carboxylic acids is 3. The van der Waals surface area contributed by atoms with E-state index >= 15 is 0 Å². The van der Waals surface area contributed by atoms with Crippen molar-refractivity contribution in [2.45, 2.75) is 64.3 Å². The van der Waals surface area contributed by atoms with Gasteiger partial charge in [-0.3, -0.25) is 9.78 Å². The minimum absolute atomic E-state index is 0. The summed E-state index contributed by atoms with van der Waals surface area (Å²) in [6.45, 7) is 8.69. The van der Waals surface area contributed by atoms with Crippen LogP contribution in [0.4, 0.5) is 26.7 Å². The van der Waals surface area contributed by atoms with E-state index in [1.165, 1.54) is 13.2 Å². The van der Waals surface area contributed by atoms with Gasteiger partial charge in [-0.2, -0.15) is 0 Å². The van der Waals surface area contributed by atoms with Gasteiger partial charge in [0.25, 0.3) is 5.91 Å². The van der Waals surface area contributed by atoms with Gasteiger partial charge in [0, 0.05) is 62.3 Å². The molecule has 0 atom stereocenters. The summed E-state index contributed by atoms with van der Waals surface area (Å²) in [5.74, 6) is 1.96. The number of aromatic nitrogens is 1. The van der Waals surface area contributed by atoms with Crippen molar-refractivity contribution in [3.63, 3.8) is 0 Å². The number of benzene rings is 3. The number of ether oxygens (including phenoxy) is 4. The lowest BCUT2D eigenvalue weighted by atomic mass is 10.1. The molecule has 58 heavy (non-hydrogen) atoms. The molecule has 6 rings (SSSR count). The SMILES string of the molecule is CC(C)(C)OC(=O)N1CCC(Oc2ccc(N)cc2Cl)CC1.CNC(=O)c1cc(Oc2ccc(NC(=O)Nc3ccc(OC4CCNCC4)c(Cl)c3)cc2)ccn1.Cl. The Balaban J connectivity index is 0.000000280. The van der Waals surface area contributed by atoms with Crippen molar-refractivity contribution in [2.75, 3.05) is 49.6 Å². The van der Waals surface area contributed by atoms with E-state index in [9.17, 15) is 14.4 Å². The lowest BCUT2D eigenvalue weighted by molar-refractivity contribution is 0.0126. The van der Waals surface area contributed by atoms with Crippen LogP contribution in [0.2, 0.25) is 10.0 Å². The lowest BCUT2D eigenvalue weighted by Crippen LogP contribution is -2.44. The highest BCUT2D eigenvalue weighted by Gasteiger charge is 2.28. The molecule has 0 bridgehead atoms. The van der Waals surface area contributed by atoms with Crippen LogP contribution in [0.1, 0.15) is 56.9 Å². The number of likely N-dealkylation sites (tertiary alicyclic amines) is 1. The van der Waals surface area contributed by atoms with E-state index in [1.54, 1.807) is 77.7 Å². The zero-order valence-corrected chi connectivity index (χ0v) is 35.1. The molecule has 4 amide bonds. The number of nitrogens with zero attached hydrogens (tertiary/aromatic N) is 2. The van der Waals surface area contributed by atoms with Gasteiger partial charge in [-0.25, -0.2) is 9.59 Å². The number of hydrogen-bond donors (Lipinski definition) is 5. The highest BCUT2D eigenvalue weighted by molar-refractivity contribution is 6.32. The normalized spacial score (nSPS) is 14.4. The Morgan fingerprint density at radius 1 is 0.793 bits per heavy atom. The van der Waals surface area contributed by atoms with Crippen molar-refractivity contribution in [1.29, 1.82) is 0 Å². The topological polar surface area (TPSA) is 178 Å². The zero-order chi connectivity index (χ0) is 41.0. The van der Waals surface area contributed by atoms with Crippen LogP contribution in [0.15, 0.2) is 79.0 Å². The van der Waals surface area contributed by atoms with Gasteiger partial charge in [0.1, 0.15) is 46.5 Å². The minimum Gasteiger partial charge on any atom is -0.489 e. The highest BCUT2D eigenvalue weighted by Crippen LogP contribution is 2.31. The number of hydrogen-bond acceptors (Lipinski definition) is 10. The zero-order valence-electron chi connectivity index (χ0n) is 32.8. The molecule has 4 aromatic rings. The first-order valence-electron chi connectivity index (χ1n) is 18.6. The molecule has 3 aromatic carbocycles. The van der Waals surface area contributed by atoms with E-state index in [4.69, 9.17) is 47.9 Å². The van der Waals surface area contributed by atoms with Crippen LogP contribution in [0.25, 0.3) is 0 Å². The summed E-state index contributed by atoms with van der Waals surface area (Å²) in [5.41, 5.74) is 7.19. The third kappa shape index (κ3) is 14.3.